The molecule has 44 heavy (non-hydrogen) atoms. The van der Waals surface area contributed by atoms with E-state index in [0.29, 0.717) is 35.2 Å². The largest absolute Gasteiger partial charge is 0.491 e. The van der Waals surface area contributed by atoms with Crippen LogP contribution in [-0.4, -0.2) is 142 Å². The third-order valence-electron chi connectivity index (χ3n) is 7.19. The van der Waals surface area contributed by atoms with Crippen LogP contribution >= 0.6 is 0 Å². The van der Waals surface area contributed by atoms with Gasteiger partial charge in [-0.25, -0.2) is 0 Å². The molecule has 0 aromatic heterocycles. The highest BCUT2D eigenvalue weighted by atomic mass is 16.7. The van der Waals surface area contributed by atoms with Crippen LogP contribution in [0.15, 0.2) is 48.5 Å². The van der Waals surface area contributed by atoms with Gasteiger partial charge in [-0.1, -0.05) is 0 Å². The molecule has 2 aliphatic rings. The number of carbonyl (C=O) groups excluding carboxylic acids is 2. The maximum Gasteiger partial charge on any atom is 0.187 e. The average molecular weight is 625 g/mol. The van der Waals surface area contributed by atoms with E-state index in [9.17, 15) is 45.3 Å². The van der Waals surface area contributed by atoms with Crippen LogP contribution in [0.1, 0.15) is 20.7 Å². The van der Waals surface area contributed by atoms with E-state index in [1.54, 1.807) is 48.5 Å². The highest BCUT2D eigenvalue weighted by Crippen LogP contribution is 2.30. The van der Waals surface area contributed by atoms with Gasteiger partial charge in [0.1, 0.15) is 92.2 Å². The van der Waals surface area contributed by atoms with Gasteiger partial charge in [-0.2, -0.15) is 0 Å². The van der Waals surface area contributed by atoms with Gasteiger partial charge in [0, 0.05) is 11.1 Å². The van der Waals surface area contributed by atoms with Crippen molar-refractivity contribution in [2.24, 2.45) is 0 Å². The smallest absolute Gasteiger partial charge is 0.187 e. The Morgan fingerprint density at radius 3 is 1.59 bits per heavy atom. The first-order valence-electron chi connectivity index (χ1n) is 13.8. The molecular formula is C29H36O15. The fraction of sp³-hybridized carbons (Fsp3) is 0.517. The normalized spacial score (nSPS) is 32.3. The van der Waals surface area contributed by atoms with E-state index in [-0.39, 0.29) is 13.2 Å². The van der Waals surface area contributed by atoms with Crippen LogP contribution in [0.5, 0.6) is 11.5 Å². The number of rotatable bonds is 14. The van der Waals surface area contributed by atoms with Gasteiger partial charge in [-0.15, -0.1) is 0 Å². The summed E-state index contributed by atoms with van der Waals surface area (Å²) in [4.78, 5) is 21.9. The first-order chi connectivity index (χ1) is 21.2. The minimum absolute atomic E-state index is 0.149. The molecule has 4 rings (SSSR count). The Hall–Kier alpha value is -3.06. The van der Waals surface area contributed by atoms with Gasteiger partial charge in [-0.3, -0.25) is 9.59 Å². The molecule has 0 unspecified atom stereocenters. The fourth-order valence-electron chi connectivity index (χ4n) is 4.65. The Balaban J connectivity index is 1.45. The van der Waals surface area contributed by atoms with E-state index in [0.717, 1.165) is 0 Å². The lowest BCUT2D eigenvalue weighted by Gasteiger charge is -2.46. The summed E-state index contributed by atoms with van der Waals surface area (Å²) in [6.45, 7) is -1.76. The molecule has 7 N–H and O–H groups in total. The van der Waals surface area contributed by atoms with Crippen molar-refractivity contribution in [3.8, 4) is 11.5 Å². The first kappa shape index (κ1) is 33.8. The number of benzene rings is 2. The summed E-state index contributed by atoms with van der Waals surface area (Å²) < 4.78 is 34.1. The molecule has 2 aliphatic heterocycles. The van der Waals surface area contributed by atoms with Gasteiger partial charge in [-0.05, 0) is 48.5 Å². The van der Waals surface area contributed by atoms with E-state index < -0.39 is 80.7 Å². The molecule has 2 aromatic carbocycles. The molecule has 0 bridgehead atoms. The zero-order valence-electron chi connectivity index (χ0n) is 23.3. The molecule has 10 atom stereocenters. The van der Waals surface area contributed by atoms with Crippen molar-refractivity contribution in [2.45, 2.75) is 67.5 Å². The predicted octanol–water partition coefficient (Wildman–Crippen LogP) is -2.22. The third kappa shape index (κ3) is 8.15. The lowest BCUT2D eigenvalue weighted by Crippen LogP contribution is -2.65. The standard InChI is InChI=1S/C29H36O15/c30-9-15-1-5-17(6-2-15)39-13-19(14-40-18-7-3-16(10-31)4-8-18)41-28-26(38)24(36)27(21(12-33)43-28)44-29-25(37)23(35)22(34)20(11-32)42-29/h1-10,19-29,32-38H,11-14H2/t20-,21-,22+,23+,24-,25-,26-,27-,28-,29+/m1/s1. The maximum absolute atomic E-state index is 10.9. The number of hydrogen-bond donors (Lipinski definition) is 7. The second-order valence-corrected chi connectivity index (χ2v) is 10.3. The minimum atomic E-state index is -1.80. The second kappa shape index (κ2) is 15.8. The van der Waals surface area contributed by atoms with Crippen molar-refractivity contribution >= 4 is 12.6 Å². The Bertz CT molecular complexity index is 1120. The van der Waals surface area contributed by atoms with E-state index >= 15 is 0 Å². The Kier molecular flexibility index (Phi) is 12.1. The summed E-state index contributed by atoms with van der Waals surface area (Å²) in [5.74, 6) is 0.789. The summed E-state index contributed by atoms with van der Waals surface area (Å²) in [5.41, 5.74) is 0.881. The number of aliphatic hydroxyl groups is 7. The lowest BCUT2D eigenvalue weighted by atomic mass is 9.97. The molecule has 2 heterocycles. The number of hydrogen-bond acceptors (Lipinski definition) is 15. The number of aldehydes is 2. The van der Waals surface area contributed by atoms with Gasteiger partial charge in [0.05, 0.1) is 13.2 Å². The first-order valence-corrected chi connectivity index (χ1v) is 13.8. The molecule has 0 saturated carbocycles. The predicted molar refractivity (Wildman–Crippen MR) is 146 cm³/mol. The summed E-state index contributed by atoms with van der Waals surface area (Å²) in [7, 11) is 0. The van der Waals surface area contributed by atoms with E-state index in [1.807, 2.05) is 0 Å². The molecule has 0 radical (unpaired) electrons. The highest BCUT2D eigenvalue weighted by Gasteiger charge is 2.51. The van der Waals surface area contributed by atoms with Crippen LogP contribution in [0.3, 0.4) is 0 Å². The molecule has 2 saturated heterocycles. The summed E-state index contributed by atoms with van der Waals surface area (Å²) in [6, 6.07) is 12.5. The number of carbonyl (C=O) groups is 2. The van der Waals surface area contributed by atoms with Crippen molar-refractivity contribution in [1.82, 2.24) is 0 Å². The van der Waals surface area contributed by atoms with Gasteiger partial charge in [0.25, 0.3) is 0 Å². The number of aliphatic hydroxyl groups excluding tert-OH is 7. The molecule has 0 spiro atoms. The average Bonchev–Trinajstić information content (AvgIpc) is 3.05. The second-order valence-electron chi connectivity index (χ2n) is 10.3. The van der Waals surface area contributed by atoms with Crippen molar-refractivity contribution < 1.29 is 73.8 Å². The van der Waals surface area contributed by atoms with Crippen LogP contribution in [-0.2, 0) is 18.9 Å². The van der Waals surface area contributed by atoms with Crippen molar-refractivity contribution in [3.63, 3.8) is 0 Å². The monoisotopic (exact) mass is 624 g/mol. The summed E-state index contributed by atoms with van der Waals surface area (Å²) >= 11 is 0. The van der Waals surface area contributed by atoms with Crippen LogP contribution in [0.4, 0.5) is 0 Å². The topological polar surface area (TPSA) is 231 Å². The van der Waals surface area contributed by atoms with E-state index in [4.69, 9.17) is 28.4 Å². The maximum atomic E-state index is 10.9. The number of ether oxygens (including phenoxy) is 6. The Labute approximate surface area is 251 Å². The van der Waals surface area contributed by atoms with Crippen LogP contribution < -0.4 is 9.47 Å². The molecule has 2 aromatic rings. The zero-order chi connectivity index (χ0) is 31.8. The third-order valence-corrected chi connectivity index (χ3v) is 7.19. The van der Waals surface area contributed by atoms with Crippen molar-refractivity contribution in [1.29, 1.82) is 0 Å². The van der Waals surface area contributed by atoms with Crippen LogP contribution in [0.2, 0.25) is 0 Å². The molecular weight excluding hydrogens is 588 g/mol. The molecule has 0 aliphatic carbocycles. The van der Waals surface area contributed by atoms with E-state index in [1.165, 1.54) is 0 Å². The molecule has 15 heteroatoms. The van der Waals surface area contributed by atoms with Crippen molar-refractivity contribution in [2.75, 3.05) is 26.4 Å². The molecule has 2 fully saturated rings. The molecule has 15 nitrogen and oxygen atoms in total. The van der Waals surface area contributed by atoms with Gasteiger partial charge >= 0.3 is 0 Å². The Morgan fingerprint density at radius 2 is 1.11 bits per heavy atom. The van der Waals surface area contributed by atoms with Crippen LogP contribution in [0.25, 0.3) is 0 Å². The van der Waals surface area contributed by atoms with Gasteiger partial charge in [0.2, 0.25) is 0 Å². The minimum Gasteiger partial charge on any atom is -0.491 e. The fourth-order valence-corrected chi connectivity index (χ4v) is 4.65. The van der Waals surface area contributed by atoms with Gasteiger partial charge < -0.3 is 64.2 Å². The highest BCUT2D eigenvalue weighted by molar-refractivity contribution is 5.75. The SMILES string of the molecule is O=Cc1ccc(OCC(COc2ccc(C=O)cc2)O[C@@H]2O[C@H](CO)[C@@H](O[C@@H]3O[C@H](CO)[C@H](O)[C@H](O)[C@H]3O)[C@H](O)[C@H]2O)cc1. The van der Waals surface area contributed by atoms with Gasteiger partial charge in [0.15, 0.2) is 12.6 Å². The van der Waals surface area contributed by atoms with Crippen LogP contribution in [0, 0.1) is 0 Å². The summed E-state index contributed by atoms with van der Waals surface area (Å²) in [5, 5.41) is 71.7. The zero-order valence-corrected chi connectivity index (χ0v) is 23.3. The lowest BCUT2D eigenvalue weighted by molar-refractivity contribution is -0.363. The molecule has 242 valence electrons. The van der Waals surface area contributed by atoms with Crippen molar-refractivity contribution in [3.05, 3.63) is 59.7 Å². The Morgan fingerprint density at radius 1 is 0.636 bits per heavy atom. The summed E-state index contributed by atoms with van der Waals surface area (Å²) in [6.07, 6.45) is -15.7. The van der Waals surface area contributed by atoms with E-state index in [2.05, 4.69) is 0 Å². The molecule has 0 amide bonds. The quantitative estimate of drug-likeness (QED) is 0.110.